The van der Waals surface area contributed by atoms with E-state index in [-0.39, 0.29) is 5.92 Å². The molecule has 1 aliphatic rings. The Morgan fingerprint density at radius 1 is 1.12 bits per heavy atom. The van der Waals surface area contributed by atoms with Crippen LogP contribution in [0.1, 0.15) is 64.9 Å². The average Bonchev–Trinajstić information content (AvgIpc) is 2.59. The lowest BCUT2D eigenvalue weighted by Gasteiger charge is -2.25. The molecular formula is C21H35NO2. The molecule has 1 fully saturated rings. The number of ether oxygens (including phenoxy) is 1. The number of aliphatic hydroxyl groups excluding tert-OH is 1. The average molecular weight is 334 g/mol. The van der Waals surface area contributed by atoms with Gasteiger partial charge in [0.05, 0.1) is 6.10 Å². The predicted octanol–water partition coefficient (Wildman–Crippen LogP) is 4.53. The maximum absolute atomic E-state index is 9.94. The van der Waals surface area contributed by atoms with Crippen LogP contribution >= 0.6 is 0 Å². The fraction of sp³-hybridized carbons (Fsp3) is 0.714. The summed E-state index contributed by atoms with van der Waals surface area (Å²) in [7, 11) is 0. The predicted molar refractivity (Wildman–Crippen MR) is 100 cm³/mol. The van der Waals surface area contributed by atoms with Crippen LogP contribution in [0.3, 0.4) is 0 Å². The maximum Gasteiger partial charge on any atom is 0.123 e. The lowest BCUT2D eigenvalue weighted by atomic mass is 9.85. The summed E-state index contributed by atoms with van der Waals surface area (Å²) in [5, 5.41) is 13.6. The standard InChI is InChI=1S/C21H35NO2/c1-16(2)20(23)15-24-21-12-8-7-11-19(21)14-22-17(3)13-18-9-5-4-6-10-18/h7-8,11-12,16-18,20,22-23H,4-6,9-10,13-15H2,1-3H3. The Hall–Kier alpha value is -1.06. The van der Waals surface area contributed by atoms with Crippen molar-refractivity contribution >= 4 is 0 Å². The van der Waals surface area contributed by atoms with Crippen LogP contribution in [0, 0.1) is 11.8 Å². The molecule has 24 heavy (non-hydrogen) atoms. The molecule has 0 amide bonds. The minimum atomic E-state index is -0.420. The summed E-state index contributed by atoms with van der Waals surface area (Å²) >= 11 is 0. The molecule has 2 N–H and O–H groups in total. The summed E-state index contributed by atoms with van der Waals surface area (Å²) in [6.07, 6.45) is 7.90. The molecule has 0 spiro atoms. The summed E-state index contributed by atoms with van der Waals surface area (Å²) in [6, 6.07) is 8.68. The van der Waals surface area contributed by atoms with E-state index in [0.29, 0.717) is 12.6 Å². The molecule has 0 heterocycles. The van der Waals surface area contributed by atoms with Gasteiger partial charge >= 0.3 is 0 Å². The van der Waals surface area contributed by atoms with Crippen molar-refractivity contribution < 1.29 is 9.84 Å². The van der Waals surface area contributed by atoms with E-state index in [1.807, 2.05) is 26.0 Å². The normalized spacial score (nSPS) is 18.5. The van der Waals surface area contributed by atoms with E-state index in [0.717, 1.165) is 18.2 Å². The van der Waals surface area contributed by atoms with E-state index in [1.54, 1.807) is 0 Å². The molecule has 3 nitrogen and oxygen atoms in total. The minimum Gasteiger partial charge on any atom is -0.491 e. The Bertz CT molecular complexity index is 469. The monoisotopic (exact) mass is 333 g/mol. The molecule has 0 saturated heterocycles. The van der Waals surface area contributed by atoms with Gasteiger partial charge in [-0.1, -0.05) is 64.2 Å². The second kappa shape index (κ2) is 10.0. The molecule has 0 aliphatic heterocycles. The number of para-hydroxylation sites is 1. The Morgan fingerprint density at radius 2 is 1.83 bits per heavy atom. The number of rotatable bonds is 9. The summed E-state index contributed by atoms with van der Waals surface area (Å²) < 4.78 is 5.85. The first kappa shape index (κ1) is 19.3. The lowest BCUT2D eigenvalue weighted by Crippen LogP contribution is -2.29. The first-order valence-corrected chi connectivity index (χ1v) is 9.68. The van der Waals surface area contributed by atoms with Gasteiger partial charge in [0, 0.05) is 18.2 Å². The molecule has 0 radical (unpaired) electrons. The highest BCUT2D eigenvalue weighted by atomic mass is 16.5. The molecule has 0 bridgehead atoms. The van der Waals surface area contributed by atoms with Crippen molar-refractivity contribution in [3.05, 3.63) is 29.8 Å². The molecule has 0 aromatic heterocycles. The Labute approximate surface area is 147 Å². The van der Waals surface area contributed by atoms with Gasteiger partial charge in [0.15, 0.2) is 0 Å². The van der Waals surface area contributed by atoms with Gasteiger partial charge in [0.25, 0.3) is 0 Å². The molecule has 1 aliphatic carbocycles. The third-order valence-corrected chi connectivity index (χ3v) is 5.20. The first-order valence-electron chi connectivity index (χ1n) is 9.68. The highest BCUT2D eigenvalue weighted by molar-refractivity contribution is 5.33. The molecule has 1 saturated carbocycles. The van der Waals surface area contributed by atoms with E-state index in [2.05, 4.69) is 24.4 Å². The number of hydrogen-bond acceptors (Lipinski definition) is 3. The zero-order valence-corrected chi connectivity index (χ0v) is 15.6. The van der Waals surface area contributed by atoms with Gasteiger partial charge in [-0.3, -0.25) is 0 Å². The van der Waals surface area contributed by atoms with Gasteiger partial charge < -0.3 is 15.2 Å². The van der Waals surface area contributed by atoms with E-state index in [4.69, 9.17) is 4.74 Å². The van der Waals surface area contributed by atoms with E-state index in [1.165, 1.54) is 44.1 Å². The topological polar surface area (TPSA) is 41.5 Å². The van der Waals surface area contributed by atoms with Gasteiger partial charge in [-0.2, -0.15) is 0 Å². The van der Waals surface area contributed by atoms with Crippen LogP contribution in [0.4, 0.5) is 0 Å². The van der Waals surface area contributed by atoms with Crippen molar-refractivity contribution in [2.75, 3.05) is 6.61 Å². The first-order chi connectivity index (χ1) is 11.6. The highest BCUT2D eigenvalue weighted by Crippen LogP contribution is 2.27. The van der Waals surface area contributed by atoms with Gasteiger partial charge in [-0.25, -0.2) is 0 Å². The molecule has 1 aromatic rings. The maximum atomic E-state index is 9.94. The minimum absolute atomic E-state index is 0.214. The van der Waals surface area contributed by atoms with Crippen LogP contribution in [0.5, 0.6) is 5.75 Å². The number of hydrogen-bond donors (Lipinski definition) is 2. The van der Waals surface area contributed by atoms with Gasteiger partial charge in [-0.15, -0.1) is 0 Å². The second-order valence-electron chi connectivity index (χ2n) is 7.75. The number of aliphatic hydroxyl groups is 1. The Balaban J connectivity index is 1.80. The molecular weight excluding hydrogens is 298 g/mol. The van der Waals surface area contributed by atoms with E-state index >= 15 is 0 Å². The van der Waals surface area contributed by atoms with Crippen LogP contribution in [-0.2, 0) is 6.54 Å². The molecule has 3 heteroatoms. The van der Waals surface area contributed by atoms with Crippen molar-refractivity contribution in [3.63, 3.8) is 0 Å². The molecule has 136 valence electrons. The quantitative estimate of drug-likeness (QED) is 0.697. The second-order valence-corrected chi connectivity index (χ2v) is 7.75. The van der Waals surface area contributed by atoms with Crippen LogP contribution in [0.15, 0.2) is 24.3 Å². The molecule has 2 atom stereocenters. The third-order valence-electron chi connectivity index (χ3n) is 5.20. The molecule has 1 aromatic carbocycles. The third kappa shape index (κ3) is 6.45. The number of benzene rings is 1. The zero-order valence-electron chi connectivity index (χ0n) is 15.6. The number of nitrogens with one attached hydrogen (secondary N) is 1. The molecule has 2 unspecified atom stereocenters. The fourth-order valence-corrected chi connectivity index (χ4v) is 3.45. The largest absolute Gasteiger partial charge is 0.491 e. The zero-order chi connectivity index (χ0) is 17.4. The Morgan fingerprint density at radius 3 is 2.54 bits per heavy atom. The van der Waals surface area contributed by atoms with Gasteiger partial charge in [0.2, 0.25) is 0 Å². The van der Waals surface area contributed by atoms with Crippen molar-refractivity contribution in [2.45, 2.75) is 78.0 Å². The van der Waals surface area contributed by atoms with Crippen LogP contribution in [-0.4, -0.2) is 23.9 Å². The van der Waals surface area contributed by atoms with Gasteiger partial charge in [0.1, 0.15) is 12.4 Å². The molecule has 2 rings (SSSR count). The van der Waals surface area contributed by atoms with Crippen molar-refractivity contribution in [2.24, 2.45) is 11.8 Å². The van der Waals surface area contributed by atoms with Crippen molar-refractivity contribution in [3.8, 4) is 5.75 Å². The highest BCUT2D eigenvalue weighted by Gasteiger charge is 2.17. The van der Waals surface area contributed by atoms with Crippen molar-refractivity contribution in [1.29, 1.82) is 0 Å². The lowest BCUT2D eigenvalue weighted by molar-refractivity contribution is 0.0696. The van der Waals surface area contributed by atoms with Crippen molar-refractivity contribution in [1.82, 2.24) is 5.32 Å². The fourth-order valence-electron chi connectivity index (χ4n) is 3.45. The van der Waals surface area contributed by atoms with E-state index in [9.17, 15) is 5.11 Å². The summed E-state index contributed by atoms with van der Waals surface area (Å²) in [4.78, 5) is 0. The summed E-state index contributed by atoms with van der Waals surface area (Å²) in [6.45, 7) is 7.48. The van der Waals surface area contributed by atoms with Crippen LogP contribution in [0.25, 0.3) is 0 Å². The van der Waals surface area contributed by atoms with E-state index < -0.39 is 6.10 Å². The smallest absolute Gasteiger partial charge is 0.123 e. The Kier molecular flexibility index (Phi) is 8.07. The van der Waals surface area contributed by atoms with Gasteiger partial charge in [-0.05, 0) is 31.2 Å². The van der Waals surface area contributed by atoms with Crippen LogP contribution in [0.2, 0.25) is 0 Å². The van der Waals surface area contributed by atoms with Crippen LogP contribution < -0.4 is 10.1 Å². The summed E-state index contributed by atoms with van der Waals surface area (Å²) in [5.41, 5.74) is 1.17. The summed E-state index contributed by atoms with van der Waals surface area (Å²) in [5.74, 6) is 1.99. The SMILES string of the molecule is CC(CC1CCCCC1)NCc1ccccc1OCC(O)C(C)C.